The van der Waals surface area contributed by atoms with Gasteiger partial charge in [-0.25, -0.2) is 8.42 Å². The van der Waals surface area contributed by atoms with Crippen LogP contribution >= 0.6 is 0 Å². The van der Waals surface area contributed by atoms with Gasteiger partial charge in [0.25, 0.3) is 0 Å². The Balaban J connectivity index is 1.74. The second-order valence-electron chi connectivity index (χ2n) is 5.37. The molecule has 2 N–H and O–H groups in total. The first-order valence-corrected chi connectivity index (χ1v) is 8.60. The van der Waals surface area contributed by atoms with Crippen LogP contribution in [0.4, 0.5) is 0 Å². The Morgan fingerprint density at radius 1 is 1.22 bits per heavy atom. The summed E-state index contributed by atoms with van der Waals surface area (Å²) in [5, 5.41) is 6.14. The van der Waals surface area contributed by atoms with Gasteiger partial charge in [0.2, 0.25) is 5.91 Å². The molecule has 104 valence electrons. The SMILES string of the molecule is O=C(NCC1CCS(=O)(=O)C1)C1CCCCCN1. The van der Waals surface area contributed by atoms with E-state index >= 15 is 0 Å². The van der Waals surface area contributed by atoms with E-state index in [0.717, 1.165) is 25.8 Å². The first-order chi connectivity index (χ1) is 8.57. The average Bonchev–Trinajstić information content (AvgIpc) is 2.57. The molecule has 0 aromatic rings. The highest BCUT2D eigenvalue weighted by atomic mass is 32.2. The van der Waals surface area contributed by atoms with Crippen molar-refractivity contribution in [2.24, 2.45) is 5.92 Å². The highest BCUT2D eigenvalue weighted by molar-refractivity contribution is 7.91. The molecule has 2 saturated heterocycles. The van der Waals surface area contributed by atoms with Crippen LogP contribution in [0.2, 0.25) is 0 Å². The van der Waals surface area contributed by atoms with Crippen LogP contribution in [0.5, 0.6) is 0 Å². The second-order valence-corrected chi connectivity index (χ2v) is 7.60. The third-order valence-electron chi connectivity index (χ3n) is 3.77. The molecule has 0 aromatic heterocycles. The molecule has 2 atom stereocenters. The molecule has 5 nitrogen and oxygen atoms in total. The lowest BCUT2D eigenvalue weighted by molar-refractivity contribution is -0.123. The first kappa shape index (κ1) is 13.8. The summed E-state index contributed by atoms with van der Waals surface area (Å²) in [7, 11) is -2.84. The summed E-state index contributed by atoms with van der Waals surface area (Å²) in [6.07, 6.45) is 4.96. The molecule has 0 aliphatic carbocycles. The van der Waals surface area contributed by atoms with Crippen LogP contribution in [-0.2, 0) is 14.6 Å². The predicted molar refractivity (Wildman–Crippen MR) is 70.0 cm³/mol. The van der Waals surface area contributed by atoms with Gasteiger partial charge in [-0.3, -0.25) is 4.79 Å². The van der Waals surface area contributed by atoms with Crippen molar-refractivity contribution in [2.45, 2.75) is 38.1 Å². The smallest absolute Gasteiger partial charge is 0.237 e. The minimum absolute atomic E-state index is 0.0289. The summed E-state index contributed by atoms with van der Waals surface area (Å²) in [4.78, 5) is 11.9. The minimum atomic E-state index is -2.84. The van der Waals surface area contributed by atoms with Crippen molar-refractivity contribution in [1.82, 2.24) is 10.6 Å². The number of nitrogens with one attached hydrogen (secondary N) is 2. The molecule has 2 rings (SSSR count). The van der Waals surface area contributed by atoms with Gasteiger partial charge in [0.1, 0.15) is 0 Å². The van der Waals surface area contributed by atoms with E-state index in [-0.39, 0.29) is 29.4 Å². The molecule has 1 amide bonds. The molecule has 0 aromatic carbocycles. The van der Waals surface area contributed by atoms with Crippen molar-refractivity contribution in [3.05, 3.63) is 0 Å². The molecular formula is C12H22N2O3S. The van der Waals surface area contributed by atoms with Crippen LogP contribution in [0.15, 0.2) is 0 Å². The van der Waals surface area contributed by atoms with E-state index in [1.54, 1.807) is 0 Å². The zero-order chi connectivity index (χ0) is 13.0. The third kappa shape index (κ3) is 3.95. The first-order valence-electron chi connectivity index (χ1n) is 6.78. The Kier molecular flexibility index (Phi) is 4.61. The van der Waals surface area contributed by atoms with E-state index in [4.69, 9.17) is 0 Å². The zero-order valence-electron chi connectivity index (χ0n) is 10.7. The Morgan fingerprint density at radius 3 is 2.78 bits per heavy atom. The Bertz CT molecular complexity index is 386. The molecule has 6 heteroatoms. The normalized spacial score (nSPS) is 31.8. The van der Waals surface area contributed by atoms with Gasteiger partial charge in [-0.05, 0) is 31.7 Å². The average molecular weight is 274 g/mol. The lowest BCUT2D eigenvalue weighted by Gasteiger charge is -2.17. The molecule has 2 aliphatic rings. The summed E-state index contributed by atoms with van der Waals surface area (Å²) < 4.78 is 22.6. The van der Waals surface area contributed by atoms with Crippen LogP contribution in [0.1, 0.15) is 32.1 Å². The topological polar surface area (TPSA) is 75.3 Å². The minimum Gasteiger partial charge on any atom is -0.354 e. The quantitative estimate of drug-likeness (QED) is 0.763. The van der Waals surface area contributed by atoms with Crippen molar-refractivity contribution in [1.29, 1.82) is 0 Å². The highest BCUT2D eigenvalue weighted by Gasteiger charge is 2.28. The van der Waals surface area contributed by atoms with Gasteiger partial charge < -0.3 is 10.6 Å². The maximum absolute atomic E-state index is 11.9. The standard InChI is InChI=1S/C12H22N2O3S/c15-12(11-4-2-1-3-6-13-11)14-8-10-5-7-18(16,17)9-10/h10-11,13H,1-9H2,(H,14,15). The van der Waals surface area contributed by atoms with Gasteiger partial charge in [-0.15, -0.1) is 0 Å². The maximum atomic E-state index is 11.9. The van der Waals surface area contributed by atoms with Gasteiger partial charge in [-0.1, -0.05) is 12.8 Å². The summed E-state index contributed by atoms with van der Waals surface area (Å²) in [5.41, 5.74) is 0. The van der Waals surface area contributed by atoms with Gasteiger partial charge >= 0.3 is 0 Å². The van der Waals surface area contributed by atoms with E-state index in [2.05, 4.69) is 10.6 Å². The lowest BCUT2D eigenvalue weighted by atomic mass is 10.1. The molecule has 2 heterocycles. The molecule has 18 heavy (non-hydrogen) atoms. The summed E-state index contributed by atoms with van der Waals surface area (Å²) in [6.45, 7) is 1.39. The fraction of sp³-hybridized carbons (Fsp3) is 0.917. The number of hydrogen-bond acceptors (Lipinski definition) is 4. The van der Waals surface area contributed by atoms with Gasteiger partial charge in [0.15, 0.2) is 9.84 Å². The van der Waals surface area contributed by atoms with Crippen molar-refractivity contribution >= 4 is 15.7 Å². The molecule has 0 spiro atoms. The molecule has 0 bridgehead atoms. The number of carbonyl (C=O) groups is 1. The van der Waals surface area contributed by atoms with Gasteiger partial charge in [0.05, 0.1) is 17.5 Å². The maximum Gasteiger partial charge on any atom is 0.237 e. The number of hydrogen-bond donors (Lipinski definition) is 2. The largest absolute Gasteiger partial charge is 0.354 e. The van der Waals surface area contributed by atoms with Crippen LogP contribution in [0.3, 0.4) is 0 Å². The third-order valence-corrected chi connectivity index (χ3v) is 5.61. The molecular weight excluding hydrogens is 252 g/mol. The molecule has 2 unspecified atom stereocenters. The summed E-state index contributed by atoms with van der Waals surface area (Å²) in [6, 6.07) is -0.0921. The molecule has 2 aliphatic heterocycles. The fourth-order valence-corrected chi connectivity index (χ4v) is 4.52. The van der Waals surface area contributed by atoms with Crippen LogP contribution in [-0.4, -0.2) is 45.0 Å². The predicted octanol–water partition coefficient (Wildman–Crippen LogP) is 0.0695. The Hall–Kier alpha value is -0.620. The van der Waals surface area contributed by atoms with Crippen LogP contribution < -0.4 is 10.6 Å². The summed E-state index contributed by atoms with van der Waals surface area (Å²) >= 11 is 0. The van der Waals surface area contributed by atoms with Crippen molar-refractivity contribution in [3.8, 4) is 0 Å². The van der Waals surface area contributed by atoms with E-state index in [1.807, 2.05) is 0 Å². The van der Waals surface area contributed by atoms with E-state index in [0.29, 0.717) is 13.0 Å². The number of carbonyl (C=O) groups excluding carboxylic acids is 1. The highest BCUT2D eigenvalue weighted by Crippen LogP contribution is 2.17. The van der Waals surface area contributed by atoms with Gasteiger partial charge in [-0.2, -0.15) is 0 Å². The monoisotopic (exact) mass is 274 g/mol. The number of amides is 1. The van der Waals surface area contributed by atoms with E-state index in [1.165, 1.54) is 6.42 Å². The Morgan fingerprint density at radius 2 is 2.06 bits per heavy atom. The van der Waals surface area contributed by atoms with Crippen LogP contribution in [0.25, 0.3) is 0 Å². The number of rotatable bonds is 3. The van der Waals surface area contributed by atoms with Gasteiger partial charge in [0, 0.05) is 6.54 Å². The van der Waals surface area contributed by atoms with E-state index < -0.39 is 9.84 Å². The van der Waals surface area contributed by atoms with Crippen molar-refractivity contribution < 1.29 is 13.2 Å². The zero-order valence-corrected chi connectivity index (χ0v) is 11.5. The summed E-state index contributed by atoms with van der Waals surface area (Å²) in [5.74, 6) is 0.631. The fourth-order valence-electron chi connectivity index (χ4n) is 2.65. The van der Waals surface area contributed by atoms with E-state index in [9.17, 15) is 13.2 Å². The van der Waals surface area contributed by atoms with Crippen molar-refractivity contribution in [2.75, 3.05) is 24.6 Å². The Labute approximate surface area is 109 Å². The molecule has 2 fully saturated rings. The second kappa shape index (κ2) is 6.02. The lowest BCUT2D eigenvalue weighted by Crippen LogP contribution is -2.45. The molecule has 0 radical (unpaired) electrons. The van der Waals surface area contributed by atoms with Crippen LogP contribution in [0, 0.1) is 5.92 Å². The number of sulfone groups is 1. The molecule has 0 saturated carbocycles. The van der Waals surface area contributed by atoms with Crippen molar-refractivity contribution in [3.63, 3.8) is 0 Å².